The standard InChI is InChI=1S/C19H16Cl2N4O3S/c20-14-5-1-12(2-6-14)10-29(26,27)11-17-23-25-19(28-17)18-16(9-22-24-18)13-3-7-15(21)8-4-13/h1-8,16,22H,9-11H2. The van der Waals surface area contributed by atoms with Gasteiger partial charge in [-0.05, 0) is 35.4 Å². The Bertz CT molecular complexity index is 1140. The van der Waals surface area contributed by atoms with Gasteiger partial charge in [0.1, 0.15) is 11.5 Å². The van der Waals surface area contributed by atoms with Gasteiger partial charge in [0.25, 0.3) is 5.89 Å². The number of rotatable bonds is 6. The SMILES string of the molecule is O=S(=O)(Cc1ccc(Cl)cc1)Cc1nnc(C2=NNCC2c2ccc(Cl)cc2)o1. The average molecular weight is 451 g/mol. The molecule has 1 aliphatic rings. The molecule has 0 saturated carbocycles. The molecule has 1 N–H and O–H groups in total. The van der Waals surface area contributed by atoms with E-state index in [1.807, 2.05) is 12.1 Å². The minimum absolute atomic E-state index is 0.0263. The summed E-state index contributed by atoms with van der Waals surface area (Å²) in [6.07, 6.45) is 0. The minimum atomic E-state index is -3.49. The van der Waals surface area contributed by atoms with E-state index in [4.69, 9.17) is 27.6 Å². The highest BCUT2D eigenvalue weighted by molar-refractivity contribution is 7.89. The molecule has 0 fully saturated rings. The van der Waals surface area contributed by atoms with Gasteiger partial charge in [-0.1, -0.05) is 47.5 Å². The lowest BCUT2D eigenvalue weighted by atomic mass is 9.95. The van der Waals surface area contributed by atoms with Crippen LogP contribution < -0.4 is 5.43 Å². The molecule has 1 unspecified atom stereocenters. The summed E-state index contributed by atoms with van der Waals surface area (Å²) in [6.45, 7) is 0.573. The van der Waals surface area contributed by atoms with Crippen LogP contribution in [-0.2, 0) is 21.3 Å². The van der Waals surface area contributed by atoms with Crippen molar-refractivity contribution in [2.24, 2.45) is 5.10 Å². The van der Waals surface area contributed by atoms with E-state index in [0.717, 1.165) is 5.56 Å². The van der Waals surface area contributed by atoms with Crippen LogP contribution >= 0.6 is 23.2 Å². The van der Waals surface area contributed by atoms with Gasteiger partial charge in [-0.3, -0.25) is 0 Å². The summed E-state index contributed by atoms with van der Waals surface area (Å²) in [5, 5.41) is 13.3. The van der Waals surface area contributed by atoms with Crippen LogP contribution in [0.15, 0.2) is 58.0 Å². The van der Waals surface area contributed by atoms with Gasteiger partial charge in [-0.25, -0.2) is 8.42 Å². The Hall–Kier alpha value is -2.42. The molecule has 29 heavy (non-hydrogen) atoms. The summed E-state index contributed by atoms with van der Waals surface area (Å²) in [6, 6.07) is 14.1. The van der Waals surface area contributed by atoms with Crippen molar-refractivity contribution >= 4 is 38.8 Å². The Morgan fingerprint density at radius 1 is 0.966 bits per heavy atom. The third-order valence-corrected chi connectivity index (χ3v) is 6.39. The van der Waals surface area contributed by atoms with Crippen molar-refractivity contribution in [1.29, 1.82) is 0 Å². The number of nitrogens with zero attached hydrogens (tertiary/aromatic N) is 3. The van der Waals surface area contributed by atoms with Crippen molar-refractivity contribution in [3.63, 3.8) is 0 Å². The molecule has 1 aromatic heterocycles. The number of hydrazone groups is 1. The van der Waals surface area contributed by atoms with Crippen LogP contribution in [0.25, 0.3) is 0 Å². The highest BCUT2D eigenvalue weighted by atomic mass is 35.5. The number of nitrogens with one attached hydrogen (secondary N) is 1. The van der Waals surface area contributed by atoms with Gasteiger partial charge >= 0.3 is 0 Å². The summed E-state index contributed by atoms with van der Waals surface area (Å²) in [5.41, 5.74) is 5.13. The molecule has 4 rings (SSSR count). The van der Waals surface area contributed by atoms with Gasteiger partial charge in [0.2, 0.25) is 5.89 Å². The van der Waals surface area contributed by atoms with Crippen molar-refractivity contribution in [2.75, 3.05) is 6.54 Å². The molecule has 0 aliphatic carbocycles. The van der Waals surface area contributed by atoms with E-state index in [-0.39, 0.29) is 29.2 Å². The molecule has 0 amide bonds. The largest absolute Gasteiger partial charge is 0.418 e. The zero-order valence-corrected chi connectivity index (χ0v) is 17.4. The van der Waals surface area contributed by atoms with Gasteiger partial charge in [-0.15, -0.1) is 10.2 Å². The number of benzene rings is 2. The molecule has 150 valence electrons. The lowest BCUT2D eigenvalue weighted by Gasteiger charge is -2.09. The Kier molecular flexibility index (Phi) is 5.58. The fourth-order valence-corrected chi connectivity index (χ4v) is 4.60. The lowest BCUT2D eigenvalue weighted by Crippen LogP contribution is -2.14. The number of aromatic nitrogens is 2. The quantitative estimate of drug-likeness (QED) is 0.615. The summed E-state index contributed by atoms with van der Waals surface area (Å²) >= 11 is 11.8. The summed E-state index contributed by atoms with van der Waals surface area (Å²) in [7, 11) is -3.49. The molecule has 10 heteroatoms. The first-order valence-corrected chi connectivity index (χ1v) is 11.3. The highest BCUT2D eigenvalue weighted by Crippen LogP contribution is 2.25. The van der Waals surface area contributed by atoms with E-state index >= 15 is 0 Å². The van der Waals surface area contributed by atoms with Gasteiger partial charge in [-0.2, -0.15) is 5.10 Å². The summed E-state index contributed by atoms with van der Waals surface area (Å²) < 4.78 is 30.6. The molecule has 0 radical (unpaired) electrons. The second-order valence-electron chi connectivity index (χ2n) is 6.62. The molecule has 7 nitrogen and oxygen atoms in total. The van der Waals surface area contributed by atoms with E-state index in [1.54, 1.807) is 36.4 Å². The minimum Gasteiger partial charge on any atom is -0.418 e. The van der Waals surface area contributed by atoms with Gasteiger partial charge in [0, 0.05) is 16.6 Å². The van der Waals surface area contributed by atoms with Crippen LogP contribution in [-0.4, -0.2) is 30.9 Å². The van der Waals surface area contributed by atoms with Crippen molar-refractivity contribution < 1.29 is 12.8 Å². The molecule has 3 aromatic rings. The molecule has 1 aliphatic heterocycles. The maximum atomic E-state index is 12.5. The molecular weight excluding hydrogens is 435 g/mol. The first-order chi connectivity index (χ1) is 13.9. The first-order valence-electron chi connectivity index (χ1n) is 8.73. The van der Waals surface area contributed by atoms with Crippen LogP contribution in [0.2, 0.25) is 10.0 Å². The lowest BCUT2D eigenvalue weighted by molar-refractivity contribution is 0.497. The van der Waals surface area contributed by atoms with E-state index in [1.165, 1.54) is 0 Å². The van der Waals surface area contributed by atoms with Gasteiger partial charge in [0.05, 0.1) is 11.7 Å². The number of halogens is 2. The highest BCUT2D eigenvalue weighted by Gasteiger charge is 2.29. The average Bonchev–Trinajstić information content (AvgIpc) is 3.33. The Balaban J connectivity index is 1.49. The zero-order chi connectivity index (χ0) is 20.4. The number of hydrogen-bond donors (Lipinski definition) is 1. The van der Waals surface area contributed by atoms with E-state index in [0.29, 0.717) is 27.9 Å². The van der Waals surface area contributed by atoms with Crippen molar-refractivity contribution in [1.82, 2.24) is 15.6 Å². The van der Waals surface area contributed by atoms with Crippen LogP contribution in [0.4, 0.5) is 0 Å². The van der Waals surface area contributed by atoms with E-state index < -0.39 is 9.84 Å². The van der Waals surface area contributed by atoms with E-state index in [9.17, 15) is 8.42 Å². The van der Waals surface area contributed by atoms with Crippen LogP contribution in [0.5, 0.6) is 0 Å². The first kappa shape index (κ1) is 19.9. The number of hydrogen-bond acceptors (Lipinski definition) is 7. The Labute approximate surface area is 177 Å². The maximum absolute atomic E-state index is 12.5. The summed E-state index contributed by atoms with van der Waals surface area (Å²) in [4.78, 5) is 0. The predicted octanol–water partition coefficient (Wildman–Crippen LogP) is 3.58. The normalized spacial score (nSPS) is 16.5. The predicted molar refractivity (Wildman–Crippen MR) is 111 cm³/mol. The Morgan fingerprint density at radius 3 is 2.31 bits per heavy atom. The second kappa shape index (κ2) is 8.14. The third-order valence-electron chi connectivity index (χ3n) is 4.43. The van der Waals surface area contributed by atoms with Crippen molar-refractivity contribution in [3.8, 4) is 0 Å². The molecule has 0 bridgehead atoms. The van der Waals surface area contributed by atoms with Crippen LogP contribution in [0.1, 0.15) is 28.8 Å². The fourth-order valence-electron chi connectivity index (χ4n) is 3.05. The molecule has 0 saturated heterocycles. The monoisotopic (exact) mass is 450 g/mol. The van der Waals surface area contributed by atoms with Crippen LogP contribution in [0.3, 0.4) is 0 Å². The third kappa shape index (κ3) is 4.77. The van der Waals surface area contributed by atoms with Crippen molar-refractivity contribution in [2.45, 2.75) is 17.4 Å². The van der Waals surface area contributed by atoms with Gasteiger partial charge in [0.15, 0.2) is 9.84 Å². The van der Waals surface area contributed by atoms with Crippen molar-refractivity contribution in [3.05, 3.63) is 81.5 Å². The maximum Gasteiger partial charge on any atom is 0.264 e. The van der Waals surface area contributed by atoms with E-state index in [2.05, 4.69) is 20.7 Å². The van der Waals surface area contributed by atoms with Gasteiger partial charge < -0.3 is 9.84 Å². The van der Waals surface area contributed by atoms with Crippen LogP contribution in [0, 0.1) is 0 Å². The molecule has 2 aromatic carbocycles. The number of sulfone groups is 1. The topological polar surface area (TPSA) is 97.5 Å². The zero-order valence-electron chi connectivity index (χ0n) is 15.0. The summed E-state index contributed by atoms with van der Waals surface area (Å²) in [5.74, 6) is -0.358. The second-order valence-corrected chi connectivity index (χ2v) is 9.56. The smallest absolute Gasteiger partial charge is 0.264 e. The Morgan fingerprint density at radius 2 is 1.62 bits per heavy atom. The molecule has 0 spiro atoms. The molecule has 2 heterocycles. The fraction of sp³-hybridized carbons (Fsp3) is 0.211. The molecular formula is C19H16Cl2N4O3S. The molecule has 1 atom stereocenters.